The van der Waals surface area contributed by atoms with E-state index in [-0.39, 0.29) is 5.63 Å². The lowest BCUT2D eigenvalue weighted by Gasteiger charge is -2.07. The Bertz CT molecular complexity index is 663. The fourth-order valence-electron chi connectivity index (χ4n) is 2.36. The van der Waals surface area contributed by atoms with Crippen molar-refractivity contribution in [3.05, 3.63) is 53.4 Å². The molecule has 0 radical (unpaired) electrons. The predicted octanol–water partition coefficient (Wildman–Crippen LogP) is 3.90. The van der Waals surface area contributed by atoms with Gasteiger partial charge < -0.3 is 14.5 Å². The Balaban J connectivity index is 1.61. The zero-order chi connectivity index (χ0) is 16.3. The zero-order valence-electron chi connectivity index (χ0n) is 13.6. The van der Waals surface area contributed by atoms with Crippen LogP contribution in [0, 0.1) is 0 Å². The van der Waals surface area contributed by atoms with Crippen LogP contribution in [0.3, 0.4) is 0 Å². The molecule has 1 aromatic carbocycles. The summed E-state index contributed by atoms with van der Waals surface area (Å²) in [6.07, 6.45) is 7.55. The third-order valence-electron chi connectivity index (χ3n) is 3.64. The predicted molar refractivity (Wildman–Crippen MR) is 94.1 cm³/mol. The highest BCUT2D eigenvalue weighted by Gasteiger charge is 2.00. The van der Waals surface area contributed by atoms with Crippen molar-refractivity contribution in [1.82, 2.24) is 5.32 Å². The van der Waals surface area contributed by atoms with E-state index in [2.05, 4.69) is 11.9 Å². The first-order chi connectivity index (χ1) is 11.3. The summed E-state index contributed by atoms with van der Waals surface area (Å²) in [5, 5.41) is 4.29. The standard InChI is InChI=1S/C19H25NO3/c1-2-3-12-20-13-6-4-5-7-14-22-17-10-8-16-9-11-19(21)23-18(16)15-17/h2,8-11,15,20H,1,3-7,12-14H2. The minimum absolute atomic E-state index is 0.337. The molecule has 2 aromatic rings. The number of nitrogens with one attached hydrogen (secondary N) is 1. The maximum absolute atomic E-state index is 11.2. The number of unbranched alkanes of at least 4 members (excludes halogenated alkanes) is 3. The van der Waals surface area contributed by atoms with E-state index < -0.39 is 0 Å². The van der Waals surface area contributed by atoms with Crippen LogP contribution in [0.15, 0.2) is 52.2 Å². The number of benzene rings is 1. The smallest absolute Gasteiger partial charge is 0.336 e. The van der Waals surface area contributed by atoms with Gasteiger partial charge in [-0.1, -0.05) is 18.9 Å². The van der Waals surface area contributed by atoms with Gasteiger partial charge >= 0.3 is 5.63 Å². The molecule has 124 valence electrons. The van der Waals surface area contributed by atoms with Gasteiger partial charge in [-0.05, 0) is 50.6 Å². The average Bonchev–Trinajstić information content (AvgIpc) is 2.56. The number of hydrogen-bond donors (Lipinski definition) is 1. The van der Waals surface area contributed by atoms with Crippen molar-refractivity contribution in [2.24, 2.45) is 0 Å². The van der Waals surface area contributed by atoms with E-state index in [0.717, 1.165) is 43.5 Å². The van der Waals surface area contributed by atoms with Crippen LogP contribution < -0.4 is 15.7 Å². The van der Waals surface area contributed by atoms with Crippen LogP contribution in [-0.2, 0) is 0 Å². The second-order valence-corrected chi connectivity index (χ2v) is 5.54. The molecule has 2 rings (SSSR count). The van der Waals surface area contributed by atoms with Crippen molar-refractivity contribution in [2.45, 2.75) is 32.1 Å². The SMILES string of the molecule is C=CCCNCCCCCCOc1ccc2ccc(=O)oc2c1. The Labute approximate surface area is 137 Å². The van der Waals surface area contributed by atoms with Crippen molar-refractivity contribution in [3.8, 4) is 5.75 Å². The summed E-state index contributed by atoms with van der Waals surface area (Å²) in [7, 11) is 0. The fourth-order valence-corrected chi connectivity index (χ4v) is 2.36. The number of hydrogen-bond acceptors (Lipinski definition) is 4. The van der Waals surface area contributed by atoms with E-state index in [0.29, 0.717) is 12.2 Å². The van der Waals surface area contributed by atoms with Gasteiger partial charge in [-0.2, -0.15) is 0 Å². The molecule has 0 saturated carbocycles. The van der Waals surface area contributed by atoms with Crippen LogP contribution in [0.25, 0.3) is 11.0 Å². The van der Waals surface area contributed by atoms with E-state index >= 15 is 0 Å². The van der Waals surface area contributed by atoms with Crippen LogP contribution in [0.4, 0.5) is 0 Å². The molecule has 0 aliphatic rings. The fraction of sp³-hybridized carbons (Fsp3) is 0.421. The Morgan fingerprint density at radius 3 is 2.78 bits per heavy atom. The van der Waals surface area contributed by atoms with Crippen molar-refractivity contribution in [1.29, 1.82) is 0 Å². The average molecular weight is 315 g/mol. The lowest BCUT2D eigenvalue weighted by atomic mass is 10.2. The molecule has 1 N–H and O–H groups in total. The zero-order valence-corrected chi connectivity index (χ0v) is 13.6. The second-order valence-electron chi connectivity index (χ2n) is 5.54. The first-order valence-electron chi connectivity index (χ1n) is 8.28. The lowest BCUT2D eigenvalue weighted by molar-refractivity contribution is 0.304. The molecule has 0 atom stereocenters. The first-order valence-corrected chi connectivity index (χ1v) is 8.28. The normalized spacial score (nSPS) is 10.8. The monoisotopic (exact) mass is 315 g/mol. The molecule has 0 fully saturated rings. The van der Waals surface area contributed by atoms with Crippen LogP contribution in [-0.4, -0.2) is 19.7 Å². The Morgan fingerprint density at radius 1 is 1.09 bits per heavy atom. The Hall–Kier alpha value is -2.07. The van der Waals surface area contributed by atoms with E-state index in [4.69, 9.17) is 9.15 Å². The maximum Gasteiger partial charge on any atom is 0.336 e. The van der Waals surface area contributed by atoms with Crippen LogP contribution in [0.5, 0.6) is 5.75 Å². The van der Waals surface area contributed by atoms with E-state index in [1.165, 1.54) is 18.9 Å². The largest absolute Gasteiger partial charge is 0.493 e. The summed E-state index contributed by atoms with van der Waals surface area (Å²) in [5.41, 5.74) is 0.233. The molecule has 0 bridgehead atoms. The van der Waals surface area contributed by atoms with Crippen molar-refractivity contribution in [2.75, 3.05) is 19.7 Å². The minimum Gasteiger partial charge on any atom is -0.493 e. The van der Waals surface area contributed by atoms with Gasteiger partial charge in [0.2, 0.25) is 0 Å². The van der Waals surface area contributed by atoms with Crippen molar-refractivity contribution >= 4 is 11.0 Å². The minimum atomic E-state index is -0.337. The summed E-state index contributed by atoms with van der Waals surface area (Å²) in [5.74, 6) is 0.748. The van der Waals surface area contributed by atoms with E-state index in [9.17, 15) is 4.79 Å². The van der Waals surface area contributed by atoms with Gasteiger partial charge in [0.05, 0.1) is 6.61 Å². The lowest BCUT2D eigenvalue weighted by Crippen LogP contribution is -2.15. The van der Waals surface area contributed by atoms with E-state index in [1.807, 2.05) is 18.2 Å². The second kappa shape index (κ2) is 9.85. The summed E-state index contributed by atoms with van der Waals surface area (Å²) in [6, 6.07) is 8.78. The van der Waals surface area contributed by atoms with Gasteiger partial charge in [0.1, 0.15) is 11.3 Å². The third kappa shape index (κ3) is 6.28. The molecule has 0 spiro atoms. The molecule has 0 aliphatic heterocycles. The van der Waals surface area contributed by atoms with Gasteiger partial charge in [-0.3, -0.25) is 0 Å². The molecule has 4 heteroatoms. The summed E-state index contributed by atoms with van der Waals surface area (Å²) < 4.78 is 10.9. The molecular formula is C19H25NO3. The summed E-state index contributed by atoms with van der Waals surface area (Å²) >= 11 is 0. The quantitative estimate of drug-likeness (QED) is 0.388. The number of rotatable bonds is 11. The third-order valence-corrected chi connectivity index (χ3v) is 3.64. The van der Waals surface area contributed by atoms with E-state index in [1.54, 1.807) is 12.1 Å². The van der Waals surface area contributed by atoms with Gasteiger partial charge in [-0.25, -0.2) is 4.79 Å². The number of fused-ring (bicyclic) bond motifs is 1. The topological polar surface area (TPSA) is 51.5 Å². The van der Waals surface area contributed by atoms with Gasteiger partial charge in [0, 0.05) is 17.5 Å². The Morgan fingerprint density at radius 2 is 1.91 bits per heavy atom. The molecule has 0 amide bonds. The van der Waals surface area contributed by atoms with Crippen LogP contribution in [0.2, 0.25) is 0 Å². The van der Waals surface area contributed by atoms with Crippen LogP contribution in [0.1, 0.15) is 32.1 Å². The van der Waals surface area contributed by atoms with Crippen molar-refractivity contribution < 1.29 is 9.15 Å². The molecule has 0 aliphatic carbocycles. The highest BCUT2D eigenvalue weighted by molar-refractivity contribution is 5.77. The van der Waals surface area contributed by atoms with Crippen LogP contribution >= 0.6 is 0 Å². The molecule has 1 aromatic heterocycles. The number of ether oxygens (including phenoxy) is 1. The van der Waals surface area contributed by atoms with Crippen molar-refractivity contribution in [3.63, 3.8) is 0 Å². The summed E-state index contributed by atoms with van der Waals surface area (Å²) in [4.78, 5) is 11.2. The van der Waals surface area contributed by atoms with Gasteiger partial charge in [-0.15, -0.1) is 6.58 Å². The molecule has 4 nitrogen and oxygen atoms in total. The van der Waals surface area contributed by atoms with Gasteiger partial charge in [0.15, 0.2) is 0 Å². The molecule has 0 saturated heterocycles. The first kappa shape index (κ1) is 17.3. The Kier molecular flexibility index (Phi) is 7.40. The maximum atomic E-state index is 11.2. The molecule has 0 unspecified atom stereocenters. The molecule has 1 heterocycles. The van der Waals surface area contributed by atoms with Gasteiger partial charge in [0.25, 0.3) is 0 Å². The summed E-state index contributed by atoms with van der Waals surface area (Å²) in [6.45, 7) is 6.47. The molecular weight excluding hydrogens is 290 g/mol. The highest BCUT2D eigenvalue weighted by Crippen LogP contribution is 2.19. The molecule has 23 heavy (non-hydrogen) atoms. The highest BCUT2D eigenvalue weighted by atomic mass is 16.5.